The molecule has 1 heterocycles. The third-order valence-electron chi connectivity index (χ3n) is 5.02. The molecule has 0 unspecified atom stereocenters. The molecule has 0 atom stereocenters. The van der Waals surface area contributed by atoms with Crippen LogP contribution < -0.4 is 9.47 Å². The lowest BCUT2D eigenvalue weighted by Crippen LogP contribution is -1.96. The molecule has 0 aliphatic rings. The minimum atomic E-state index is 0.781. The molecular weight excluding hydrogens is 346 g/mol. The van der Waals surface area contributed by atoms with Crippen LogP contribution in [0.5, 0.6) is 11.5 Å². The van der Waals surface area contributed by atoms with Gasteiger partial charge in [0.05, 0.1) is 24.9 Å². The van der Waals surface area contributed by atoms with Crippen molar-refractivity contribution in [2.24, 2.45) is 0 Å². The van der Waals surface area contributed by atoms with E-state index in [9.17, 15) is 0 Å². The number of rotatable bonds is 7. The molecule has 0 amide bonds. The van der Waals surface area contributed by atoms with Gasteiger partial charge in [-0.05, 0) is 59.7 Å². The maximum Gasteiger partial charge on any atom is 0.119 e. The van der Waals surface area contributed by atoms with E-state index in [0.717, 1.165) is 46.7 Å². The zero-order valence-electron chi connectivity index (χ0n) is 16.4. The van der Waals surface area contributed by atoms with Crippen LogP contribution in [-0.2, 0) is 0 Å². The average Bonchev–Trinajstić information content (AvgIpc) is 2.75. The van der Waals surface area contributed by atoms with Gasteiger partial charge >= 0.3 is 0 Å². The molecule has 4 rings (SSSR count). The van der Waals surface area contributed by atoms with Crippen LogP contribution in [0.1, 0.15) is 26.2 Å². The summed E-state index contributed by atoms with van der Waals surface area (Å²) in [7, 11) is 1.68. The van der Waals surface area contributed by atoms with Crippen molar-refractivity contribution in [3.63, 3.8) is 0 Å². The summed E-state index contributed by atoms with van der Waals surface area (Å²) in [4.78, 5) is 4.82. The summed E-state index contributed by atoms with van der Waals surface area (Å²) in [5.74, 6) is 1.79. The predicted molar refractivity (Wildman–Crippen MR) is 116 cm³/mol. The Balaban J connectivity index is 1.59. The number of nitrogens with zero attached hydrogens (tertiary/aromatic N) is 1. The molecule has 0 radical (unpaired) electrons. The van der Waals surface area contributed by atoms with Gasteiger partial charge in [0.1, 0.15) is 11.5 Å². The molecule has 28 heavy (non-hydrogen) atoms. The molecule has 0 bridgehead atoms. The number of unbranched alkanes of at least 4 members (excludes halogenated alkanes) is 2. The number of ether oxygens (including phenoxy) is 2. The number of fused-ring (bicyclic) bond motifs is 2. The normalized spacial score (nSPS) is 11.1. The Hall–Kier alpha value is -3.07. The van der Waals surface area contributed by atoms with E-state index in [4.69, 9.17) is 14.5 Å². The fraction of sp³-hybridized carbons (Fsp3) is 0.240. The third-order valence-corrected chi connectivity index (χ3v) is 5.02. The molecule has 0 aliphatic heterocycles. The van der Waals surface area contributed by atoms with E-state index in [1.807, 2.05) is 18.2 Å². The molecule has 0 fully saturated rings. The SMILES string of the molecule is CCCCCOc1ccc2cc(-c3ccc4cc(OC)ccc4n3)ccc2c1. The topological polar surface area (TPSA) is 31.4 Å². The Bertz CT molecular complexity index is 1100. The minimum absolute atomic E-state index is 0.781. The fourth-order valence-electron chi connectivity index (χ4n) is 3.41. The van der Waals surface area contributed by atoms with Gasteiger partial charge in [0.25, 0.3) is 0 Å². The number of hydrogen-bond donors (Lipinski definition) is 0. The van der Waals surface area contributed by atoms with Crippen molar-refractivity contribution in [1.29, 1.82) is 0 Å². The minimum Gasteiger partial charge on any atom is -0.497 e. The Morgan fingerprint density at radius 3 is 2.36 bits per heavy atom. The van der Waals surface area contributed by atoms with Crippen molar-refractivity contribution >= 4 is 21.7 Å². The van der Waals surface area contributed by atoms with Gasteiger partial charge in [-0.2, -0.15) is 0 Å². The highest BCUT2D eigenvalue weighted by Crippen LogP contribution is 2.28. The van der Waals surface area contributed by atoms with Crippen LogP contribution in [0.3, 0.4) is 0 Å². The van der Waals surface area contributed by atoms with E-state index < -0.39 is 0 Å². The number of hydrogen-bond acceptors (Lipinski definition) is 3. The molecule has 0 aliphatic carbocycles. The molecule has 0 saturated carbocycles. The first-order chi connectivity index (χ1) is 13.8. The van der Waals surface area contributed by atoms with Crippen molar-refractivity contribution in [3.05, 3.63) is 66.7 Å². The van der Waals surface area contributed by atoms with Crippen molar-refractivity contribution in [3.8, 4) is 22.8 Å². The summed E-state index contributed by atoms with van der Waals surface area (Å²) in [6, 6.07) is 22.9. The summed E-state index contributed by atoms with van der Waals surface area (Å²) in [5.41, 5.74) is 3.05. The van der Waals surface area contributed by atoms with Gasteiger partial charge in [-0.1, -0.05) is 44.0 Å². The number of benzene rings is 3. The third kappa shape index (κ3) is 3.94. The predicted octanol–water partition coefficient (Wildman–Crippen LogP) is 6.63. The van der Waals surface area contributed by atoms with Gasteiger partial charge in [0.2, 0.25) is 0 Å². The van der Waals surface area contributed by atoms with Crippen LogP contribution in [-0.4, -0.2) is 18.7 Å². The maximum absolute atomic E-state index is 5.88. The average molecular weight is 371 g/mol. The summed E-state index contributed by atoms with van der Waals surface area (Å²) in [6.07, 6.45) is 3.52. The van der Waals surface area contributed by atoms with Gasteiger partial charge in [0.15, 0.2) is 0 Å². The largest absolute Gasteiger partial charge is 0.497 e. The lowest BCUT2D eigenvalue weighted by atomic mass is 10.0. The molecule has 3 heteroatoms. The lowest BCUT2D eigenvalue weighted by Gasteiger charge is -2.09. The van der Waals surface area contributed by atoms with Gasteiger partial charge in [-0.3, -0.25) is 0 Å². The second-order valence-corrected chi connectivity index (χ2v) is 7.03. The second kappa shape index (κ2) is 8.30. The maximum atomic E-state index is 5.88. The zero-order chi connectivity index (χ0) is 19.3. The molecular formula is C25H25NO2. The first kappa shape index (κ1) is 18.3. The van der Waals surface area contributed by atoms with Crippen molar-refractivity contribution in [1.82, 2.24) is 4.98 Å². The molecule has 0 spiro atoms. The quantitative estimate of drug-likeness (QED) is 0.342. The van der Waals surface area contributed by atoms with Gasteiger partial charge in [-0.15, -0.1) is 0 Å². The van der Waals surface area contributed by atoms with E-state index in [1.165, 1.54) is 23.6 Å². The molecule has 0 saturated heterocycles. The molecule has 3 aromatic carbocycles. The van der Waals surface area contributed by atoms with Crippen LogP contribution in [0.25, 0.3) is 32.9 Å². The number of aromatic nitrogens is 1. The zero-order valence-corrected chi connectivity index (χ0v) is 16.4. The fourth-order valence-corrected chi connectivity index (χ4v) is 3.41. The van der Waals surface area contributed by atoms with Crippen LogP contribution >= 0.6 is 0 Å². The summed E-state index contributed by atoms with van der Waals surface area (Å²) in [6.45, 7) is 2.98. The Morgan fingerprint density at radius 1 is 0.750 bits per heavy atom. The Kier molecular flexibility index (Phi) is 5.43. The van der Waals surface area contributed by atoms with E-state index in [1.54, 1.807) is 7.11 Å². The lowest BCUT2D eigenvalue weighted by molar-refractivity contribution is 0.306. The first-order valence-electron chi connectivity index (χ1n) is 9.88. The summed E-state index contributed by atoms with van der Waals surface area (Å²) < 4.78 is 11.2. The van der Waals surface area contributed by atoms with Crippen molar-refractivity contribution in [2.75, 3.05) is 13.7 Å². The van der Waals surface area contributed by atoms with Crippen LogP contribution in [0.15, 0.2) is 66.7 Å². The smallest absolute Gasteiger partial charge is 0.119 e. The Labute approximate surface area is 165 Å². The van der Waals surface area contributed by atoms with Crippen LogP contribution in [0.4, 0.5) is 0 Å². The van der Waals surface area contributed by atoms with Gasteiger partial charge in [0, 0.05) is 10.9 Å². The van der Waals surface area contributed by atoms with Gasteiger partial charge < -0.3 is 9.47 Å². The Morgan fingerprint density at radius 2 is 1.50 bits per heavy atom. The van der Waals surface area contributed by atoms with E-state index in [-0.39, 0.29) is 0 Å². The number of methoxy groups -OCH3 is 1. The van der Waals surface area contributed by atoms with E-state index >= 15 is 0 Å². The molecule has 0 N–H and O–H groups in total. The standard InChI is InChI=1S/C25H25NO2/c1-3-4-5-14-28-23-10-8-18-15-20(7-6-19(18)16-23)24-12-9-21-17-22(27-2)11-13-25(21)26-24/h6-13,15-17H,3-5,14H2,1-2H3. The van der Waals surface area contributed by atoms with Crippen LogP contribution in [0, 0.1) is 0 Å². The monoisotopic (exact) mass is 371 g/mol. The van der Waals surface area contributed by atoms with E-state index in [2.05, 4.69) is 55.5 Å². The summed E-state index contributed by atoms with van der Waals surface area (Å²) >= 11 is 0. The molecule has 142 valence electrons. The van der Waals surface area contributed by atoms with Crippen molar-refractivity contribution in [2.45, 2.75) is 26.2 Å². The number of pyridine rings is 1. The van der Waals surface area contributed by atoms with E-state index in [0.29, 0.717) is 0 Å². The summed E-state index contributed by atoms with van der Waals surface area (Å²) in [5, 5.41) is 3.45. The molecule has 3 nitrogen and oxygen atoms in total. The highest BCUT2D eigenvalue weighted by molar-refractivity contribution is 5.89. The molecule has 4 aromatic rings. The highest BCUT2D eigenvalue weighted by Gasteiger charge is 2.05. The van der Waals surface area contributed by atoms with Crippen molar-refractivity contribution < 1.29 is 9.47 Å². The molecule has 1 aromatic heterocycles. The van der Waals surface area contributed by atoms with Crippen LogP contribution in [0.2, 0.25) is 0 Å². The first-order valence-corrected chi connectivity index (χ1v) is 9.88. The highest BCUT2D eigenvalue weighted by atomic mass is 16.5. The second-order valence-electron chi connectivity index (χ2n) is 7.03. The van der Waals surface area contributed by atoms with Gasteiger partial charge in [-0.25, -0.2) is 4.98 Å².